The summed E-state index contributed by atoms with van der Waals surface area (Å²) >= 11 is 0. The molecule has 0 heterocycles. The lowest BCUT2D eigenvalue weighted by atomic mass is 9.78. The fourth-order valence-corrected chi connectivity index (χ4v) is 3.98. The van der Waals surface area contributed by atoms with E-state index in [0.29, 0.717) is 23.6 Å². The summed E-state index contributed by atoms with van der Waals surface area (Å²) in [6, 6.07) is 13.5. The van der Waals surface area contributed by atoms with Crippen LogP contribution >= 0.6 is 0 Å². The number of rotatable bonds is 7. The number of hydrogen-bond donors (Lipinski definition) is 1. The second-order valence-corrected chi connectivity index (χ2v) is 6.94. The average Bonchev–Trinajstić information content (AvgIpc) is 3.21. The fourth-order valence-electron chi connectivity index (χ4n) is 3.98. The molecule has 144 valence electrons. The van der Waals surface area contributed by atoms with Crippen LogP contribution in [0.3, 0.4) is 0 Å². The maximum absolute atomic E-state index is 12.9. The Labute approximate surface area is 160 Å². The normalized spacial score (nSPS) is 15.2. The van der Waals surface area contributed by atoms with Crippen molar-refractivity contribution in [3.05, 3.63) is 53.6 Å². The van der Waals surface area contributed by atoms with Crippen molar-refractivity contribution in [2.75, 3.05) is 27.9 Å². The zero-order valence-electron chi connectivity index (χ0n) is 16.2. The second-order valence-electron chi connectivity index (χ2n) is 6.94. The van der Waals surface area contributed by atoms with E-state index in [9.17, 15) is 4.79 Å². The molecule has 1 N–H and O–H groups in total. The number of carbonyl (C=O) groups excluding carboxylic acids is 1. The molecule has 3 rings (SSSR count). The SMILES string of the molecule is COc1ccc(C2(CNC(=O)c3c(OC)cccc3OC)CCCC2)cc1. The summed E-state index contributed by atoms with van der Waals surface area (Å²) in [4.78, 5) is 12.9. The highest BCUT2D eigenvalue weighted by molar-refractivity contribution is 5.99. The van der Waals surface area contributed by atoms with E-state index in [1.165, 1.54) is 18.4 Å². The van der Waals surface area contributed by atoms with Crippen LogP contribution in [0.5, 0.6) is 17.2 Å². The first-order valence-corrected chi connectivity index (χ1v) is 9.27. The molecule has 0 bridgehead atoms. The molecule has 0 saturated heterocycles. The van der Waals surface area contributed by atoms with E-state index in [1.54, 1.807) is 33.5 Å². The molecular formula is C22H27NO4. The van der Waals surface area contributed by atoms with Crippen LogP contribution in [0, 0.1) is 0 Å². The summed E-state index contributed by atoms with van der Waals surface area (Å²) in [7, 11) is 4.78. The molecule has 1 aliphatic rings. The van der Waals surface area contributed by atoms with Crippen molar-refractivity contribution >= 4 is 5.91 Å². The lowest BCUT2D eigenvalue weighted by molar-refractivity contribution is 0.0937. The quantitative estimate of drug-likeness (QED) is 0.803. The highest BCUT2D eigenvalue weighted by Gasteiger charge is 2.36. The van der Waals surface area contributed by atoms with Crippen molar-refractivity contribution < 1.29 is 19.0 Å². The largest absolute Gasteiger partial charge is 0.497 e. The fraction of sp³-hybridized carbons (Fsp3) is 0.409. The highest BCUT2D eigenvalue weighted by atomic mass is 16.5. The molecule has 5 nitrogen and oxygen atoms in total. The first-order valence-electron chi connectivity index (χ1n) is 9.27. The minimum Gasteiger partial charge on any atom is -0.497 e. The van der Waals surface area contributed by atoms with Crippen LogP contribution in [0.2, 0.25) is 0 Å². The van der Waals surface area contributed by atoms with Crippen molar-refractivity contribution in [2.24, 2.45) is 0 Å². The predicted molar refractivity (Wildman–Crippen MR) is 105 cm³/mol. The van der Waals surface area contributed by atoms with Gasteiger partial charge in [-0.3, -0.25) is 4.79 Å². The Hall–Kier alpha value is -2.69. The third kappa shape index (κ3) is 3.87. The maximum Gasteiger partial charge on any atom is 0.258 e. The van der Waals surface area contributed by atoms with E-state index >= 15 is 0 Å². The van der Waals surface area contributed by atoms with Gasteiger partial charge in [0.05, 0.1) is 21.3 Å². The van der Waals surface area contributed by atoms with Crippen LogP contribution < -0.4 is 19.5 Å². The van der Waals surface area contributed by atoms with Crippen molar-refractivity contribution in [1.29, 1.82) is 0 Å². The third-order valence-corrected chi connectivity index (χ3v) is 5.51. The van der Waals surface area contributed by atoms with Crippen LogP contribution in [-0.2, 0) is 5.41 Å². The molecule has 0 spiro atoms. The molecule has 0 aromatic heterocycles. The number of ether oxygens (including phenoxy) is 3. The molecule has 2 aromatic rings. The number of carbonyl (C=O) groups is 1. The molecule has 1 fully saturated rings. The summed E-state index contributed by atoms with van der Waals surface area (Å²) in [5.41, 5.74) is 1.63. The molecule has 0 unspecified atom stereocenters. The smallest absolute Gasteiger partial charge is 0.258 e. The Morgan fingerprint density at radius 2 is 1.52 bits per heavy atom. The standard InChI is InChI=1S/C22H27NO4/c1-25-17-11-9-16(10-12-17)22(13-4-5-14-22)15-23-21(24)20-18(26-2)7-6-8-19(20)27-3/h6-12H,4-5,13-15H2,1-3H3,(H,23,24). The number of methoxy groups -OCH3 is 3. The van der Waals surface area contributed by atoms with E-state index in [4.69, 9.17) is 14.2 Å². The summed E-state index contributed by atoms with van der Waals surface area (Å²) in [5.74, 6) is 1.69. The minimum absolute atomic E-state index is 0.0445. The molecule has 0 aliphatic heterocycles. The van der Waals surface area contributed by atoms with E-state index in [1.807, 2.05) is 18.2 Å². The monoisotopic (exact) mass is 369 g/mol. The summed E-state index contributed by atoms with van der Waals surface area (Å²) in [6.45, 7) is 0.583. The predicted octanol–water partition coefficient (Wildman–Crippen LogP) is 3.95. The molecule has 1 aliphatic carbocycles. The lowest BCUT2D eigenvalue weighted by Gasteiger charge is -2.30. The van der Waals surface area contributed by atoms with Gasteiger partial charge in [-0.15, -0.1) is 0 Å². The minimum atomic E-state index is -0.177. The number of hydrogen-bond acceptors (Lipinski definition) is 4. The number of amides is 1. The second kappa shape index (κ2) is 8.33. The van der Waals surface area contributed by atoms with Crippen LogP contribution in [0.15, 0.2) is 42.5 Å². The Balaban J connectivity index is 1.82. The number of nitrogens with one attached hydrogen (secondary N) is 1. The first-order chi connectivity index (χ1) is 13.1. The Morgan fingerprint density at radius 3 is 2.04 bits per heavy atom. The molecular weight excluding hydrogens is 342 g/mol. The first kappa shape index (κ1) is 19.1. The van der Waals surface area contributed by atoms with Crippen molar-refractivity contribution in [3.63, 3.8) is 0 Å². The summed E-state index contributed by atoms with van der Waals surface area (Å²) in [6.07, 6.45) is 4.45. The van der Waals surface area contributed by atoms with E-state index in [0.717, 1.165) is 18.6 Å². The van der Waals surface area contributed by atoms with E-state index in [-0.39, 0.29) is 11.3 Å². The van der Waals surface area contributed by atoms with Gasteiger partial charge in [0.2, 0.25) is 0 Å². The Morgan fingerprint density at radius 1 is 0.926 bits per heavy atom. The molecule has 2 aromatic carbocycles. The molecule has 0 atom stereocenters. The van der Waals surface area contributed by atoms with Crippen LogP contribution in [0.25, 0.3) is 0 Å². The van der Waals surface area contributed by atoms with Gasteiger partial charge in [-0.1, -0.05) is 31.0 Å². The molecule has 5 heteroatoms. The topological polar surface area (TPSA) is 56.8 Å². The molecule has 0 radical (unpaired) electrons. The van der Waals surface area contributed by atoms with E-state index < -0.39 is 0 Å². The van der Waals surface area contributed by atoms with Gasteiger partial charge >= 0.3 is 0 Å². The van der Waals surface area contributed by atoms with Gasteiger partial charge in [-0.2, -0.15) is 0 Å². The average molecular weight is 369 g/mol. The molecule has 1 amide bonds. The van der Waals surface area contributed by atoms with Crippen LogP contribution in [0.1, 0.15) is 41.6 Å². The van der Waals surface area contributed by atoms with Gasteiger partial charge in [-0.05, 0) is 42.7 Å². The third-order valence-electron chi connectivity index (χ3n) is 5.51. The zero-order valence-corrected chi connectivity index (χ0v) is 16.2. The van der Waals surface area contributed by atoms with Crippen molar-refractivity contribution in [2.45, 2.75) is 31.1 Å². The summed E-state index contributed by atoms with van der Waals surface area (Å²) < 4.78 is 16.0. The van der Waals surface area contributed by atoms with Gasteiger partial charge < -0.3 is 19.5 Å². The van der Waals surface area contributed by atoms with Gasteiger partial charge in [0, 0.05) is 12.0 Å². The van der Waals surface area contributed by atoms with Gasteiger partial charge in [0.15, 0.2) is 0 Å². The van der Waals surface area contributed by atoms with Gasteiger partial charge in [0.1, 0.15) is 22.8 Å². The Bertz CT molecular complexity index is 757. The molecule has 27 heavy (non-hydrogen) atoms. The van der Waals surface area contributed by atoms with Crippen LogP contribution in [0.4, 0.5) is 0 Å². The maximum atomic E-state index is 12.9. The zero-order chi connectivity index (χ0) is 19.3. The van der Waals surface area contributed by atoms with Crippen LogP contribution in [-0.4, -0.2) is 33.8 Å². The lowest BCUT2D eigenvalue weighted by Crippen LogP contribution is -2.39. The van der Waals surface area contributed by atoms with Crippen molar-refractivity contribution in [3.8, 4) is 17.2 Å². The van der Waals surface area contributed by atoms with Gasteiger partial charge in [0.25, 0.3) is 5.91 Å². The van der Waals surface area contributed by atoms with Gasteiger partial charge in [-0.25, -0.2) is 0 Å². The molecule has 1 saturated carbocycles. The van der Waals surface area contributed by atoms with Crippen molar-refractivity contribution in [1.82, 2.24) is 5.32 Å². The Kier molecular flexibility index (Phi) is 5.89. The highest BCUT2D eigenvalue weighted by Crippen LogP contribution is 2.41. The van der Waals surface area contributed by atoms with E-state index in [2.05, 4.69) is 17.4 Å². The number of benzene rings is 2. The summed E-state index contributed by atoms with van der Waals surface area (Å²) in [5, 5.41) is 3.13.